The Hall–Kier alpha value is -1.33. The fourth-order valence-electron chi connectivity index (χ4n) is 3.92. The van der Waals surface area contributed by atoms with Crippen molar-refractivity contribution in [3.63, 3.8) is 0 Å². The fraction of sp³-hybridized carbons (Fsp3) is 1.00. The van der Waals surface area contributed by atoms with Gasteiger partial charge in [0, 0.05) is 6.42 Å². The number of hydrogen-bond acceptors (Lipinski definition) is 0. The molecule has 0 saturated carbocycles. The standard InChI is InChI=1S/C24H31F19/c1-2-3-4-5-6-7-8-9-10-11-12-13-14-15-16(25,26)17(27,28)18(29,30)19(31,32)20(33,34)21(35,36)22(37,38)23(39,40)24(41,42)43/h2-15H2,1H3. The quantitative estimate of drug-likeness (QED) is 0.0836. The van der Waals surface area contributed by atoms with Gasteiger partial charge >= 0.3 is 53.6 Å². The van der Waals surface area contributed by atoms with E-state index in [1.54, 1.807) is 0 Å². The van der Waals surface area contributed by atoms with Gasteiger partial charge in [-0.15, -0.1) is 0 Å². The average molecular weight is 680 g/mol. The van der Waals surface area contributed by atoms with Gasteiger partial charge in [-0.2, -0.15) is 83.4 Å². The zero-order valence-corrected chi connectivity index (χ0v) is 22.6. The molecule has 0 N–H and O–H groups in total. The Labute approximate surface area is 234 Å². The molecule has 0 unspecified atom stereocenters. The van der Waals surface area contributed by atoms with Crippen LogP contribution < -0.4 is 0 Å². The molecule has 0 rings (SSSR count). The summed E-state index contributed by atoms with van der Waals surface area (Å²) in [5, 5.41) is 0. The molecule has 0 spiro atoms. The molecular formula is C24H31F19. The molecular weight excluding hydrogens is 649 g/mol. The van der Waals surface area contributed by atoms with Gasteiger partial charge in [0.1, 0.15) is 0 Å². The molecule has 0 bridgehead atoms. The second-order valence-corrected chi connectivity index (χ2v) is 10.2. The van der Waals surface area contributed by atoms with Gasteiger partial charge in [-0.3, -0.25) is 0 Å². The smallest absolute Gasteiger partial charge is 0.200 e. The maximum atomic E-state index is 13.9. The Kier molecular flexibility index (Phi) is 14.0. The van der Waals surface area contributed by atoms with Crippen LogP contribution in [-0.4, -0.2) is 53.6 Å². The van der Waals surface area contributed by atoms with Gasteiger partial charge in [0.05, 0.1) is 0 Å². The third-order valence-corrected chi connectivity index (χ3v) is 6.78. The van der Waals surface area contributed by atoms with Gasteiger partial charge in [-0.25, -0.2) is 0 Å². The number of halogens is 19. The SMILES string of the molecule is CCCCCCCCCCCCCCCC(F)(F)C(F)(F)C(F)(F)C(F)(F)C(F)(F)C(F)(F)C(F)(F)C(F)(F)C(F)(F)F. The Morgan fingerprint density at radius 3 is 0.791 bits per heavy atom. The first kappa shape index (κ1) is 41.7. The molecule has 19 heteroatoms. The maximum absolute atomic E-state index is 13.9. The molecule has 0 heterocycles. The van der Waals surface area contributed by atoms with E-state index in [4.69, 9.17) is 0 Å². The minimum Gasteiger partial charge on any atom is -0.200 e. The number of unbranched alkanes of at least 4 members (excludes halogenated alkanes) is 12. The normalized spacial score (nSPS) is 15.3. The van der Waals surface area contributed by atoms with Crippen molar-refractivity contribution in [3.05, 3.63) is 0 Å². The first-order valence-corrected chi connectivity index (χ1v) is 13.2. The number of alkyl halides is 19. The highest BCUT2D eigenvalue weighted by Crippen LogP contribution is 2.65. The van der Waals surface area contributed by atoms with Crippen molar-refractivity contribution in [1.29, 1.82) is 0 Å². The van der Waals surface area contributed by atoms with E-state index in [9.17, 15) is 83.4 Å². The average Bonchev–Trinajstić information content (AvgIpc) is 2.85. The molecule has 0 aromatic carbocycles. The van der Waals surface area contributed by atoms with Crippen molar-refractivity contribution >= 4 is 0 Å². The van der Waals surface area contributed by atoms with Crippen molar-refractivity contribution < 1.29 is 83.4 Å². The van der Waals surface area contributed by atoms with E-state index in [0.29, 0.717) is 19.3 Å². The fourth-order valence-corrected chi connectivity index (χ4v) is 3.92. The lowest BCUT2D eigenvalue weighted by atomic mass is 9.86. The van der Waals surface area contributed by atoms with Gasteiger partial charge in [0.2, 0.25) is 0 Å². The van der Waals surface area contributed by atoms with Crippen molar-refractivity contribution in [2.45, 2.75) is 150 Å². The molecule has 0 radical (unpaired) electrons. The predicted octanol–water partition coefficient (Wildman–Crippen LogP) is 12.1. The van der Waals surface area contributed by atoms with Crippen LogP contribution >= 0.6 is 0 Å². The largest absolute Gasteiger partial charge is 0.460 e. The Morgan fingerprint density at radius 2 is 0.512 bits per heavy atom. The van der Waals surface area contributed by atoms with Crippen molar-refractivity contribution in [2.24, 2.45) is 0 Å². The summed E-state index contributed by atoms with van der Waals surface area (Å²) in [6.07, 6.45) is -3.20. The van der Waals surface area contributed by atoms with Gasteiger partial charge in [0.15, 0.2) is 0 Å². The second-order valence-electron chi connectivity index (χ2n) is 10.2. The van der Waals surface area contributed by atoms with Crippen LogP contribution in [-0.2, 0) is 0 Å². The number of hydrogen-bond donors (Lipinski definition) is 0. The van der Waals surface area contributed by atoms with Crippen molar-refractivity contribution in [1.82, 2.24) is 0 Å². The molecule has 0 saturated heterocycles. The molecule has 0 aromatic rings. The van der Waals surface area contributed by atoms with Crippen LogP contribution in [0.3, 0.4) is 0 Å². The van der Waals surface area contributed by atoms with Gasteiger partial charge in [-0.1, -0.05) is 84.0 Å². The zero-order chi connectivity index (χ0) is 34.4. The minimum absolute atomic E-state index is 0.0392. The second kappa shape index (κ2) is 14.4. The molecule has 260 valence electrons. The molecule has 0 amide bonds. The predicted molar refractivity (Wildman–Crippen MR) is 116 cm³/mol. The molecule has 0 aromatic heterocycles. The maximum Gasteiger partial charge on any atom is 0.460 e. The third-order valence-electron chi connectivity index (χ3n) is 6.78. The highest BCUT2D eigenvalue weighted by atomic mass is 19.4. The lowest BCUT2D eigenvalue weighted by molar-refractivity contribution is -0.468. The van der Waals surface area contributed by atoms with E-state index >= 15 is 0 Å². The van der Waals surface area contributed by atoms with Gasteiger partial charge in [-0.05, 0) is 6.42 Å². The summed E-state index contributed by atoms with van der Waals surface area (Å²) in [5.74, 6) is -65.9. The van der Waals surface area contributed by atoms with E-state index in [0.717, 1.165) is 44.9 Å². The van der Waals surface area contributed by atoms with Gasteiger partial charge in [0.25, 0.3) is 0 Å². The summed E-state index contributed by atoms with van der Waals surface area (Å²) < 4.78 is 253. The minimum atomic E-state index is -8.86. The van der Waals surface area contributed by atoms with Crippen molar-refractivity contribution in [2.75, 3.05) is 0 Å². The van der Waals surface area contributed by atoms with Gasteiger partial charge < -0.3 is 0 Å². The van der Waals surface area contributed by atoms with E-state index in [1.807, 2.05) is 6.92 Å². The van der Waals surface area contributed by atoms with Crippen LogP contribution in [0, 0.1) is 0 Å². The zero-order valence-electron chi connectivity index (χ0n) is 22.6. The summed E-state index contributed by atoms with van der Waals surface area (Å²) in [7, 11) is 0. The molecule has 0 aliphatic heterocycles. The lowest BCUT2D eigenvalue weighted by Gasteiger charge is -2.43. The molecule has 0 aliphatic rings. The van der Waals surface area contributed by atoms with E-state index in [1.165, 1.54) is 0 Å². The first-order valence-electron chi connectivity index (χ1n) is 13.2. The molecule has 0 atom stereocenters. The van der Waals surface area contributed by atoms with Crippen LogP contribution in [0.25, 0.3) is 0 Å². The summed E-state index contributed by atoms with van der Waals surface area (Å²) >= 11 is 0. The van der Waals surface area contributed by atoms with Crippen LogP contribution in [0.2, 0.25) is 0 Å². The molecule has 0 fully saturated rings. The lowest BCUT2D eigenvalue weighted by Crippen LogP contribution is -2.75. The van der Waals surface area contributed by atoms with Crippen molar-refractivity contribution in [3.8, 4) is 0 Å². The van der Waals surface area contributed by atoms with E-state index in [-0.39, 0.29) is 6.42 Å². The van der Waals surface area contributed by atoms with Crippen LogP contribution in [0.5, 0.6) is 0 Å². The summed E-state index contributed by atoms with van der Waals surface area (Å²) in [5.41, 5.74) is 0. The summed E-state index contributed by atoms with van der Waals surface area (Å²) in [4.78, 5) is 0. The van der Waals surface area contributed by atoms with Crippen LogP contribution in [0.1, 0.15) is 96.8 Å². The monoisotopic (exact) mass is 680 g/mol. The summed E-state index contributed by atoms with van der Waals surface area (Å²) in [6, 6.07) is 0. The Bertz CT molecular complexity index is 829. The molecule has 43 heavy (non-hydrogen) atoms. The highest BCUT2D eigenvalue weighted by Gasteiger charge is 2.96. The highest BCUT2D eigenvalue weighted by molar-refractivity contribution is 5.16. The van der Waals surface area contributed by atoms with Crippen LogP contribution in [0.4, 0.5) is 83.4 Å². The Balaban J connectivity index is 5.49. The molecule has 0 aliphatic carbocycles. The van der Waals surface area contributed by atoms with E-state index in [2.05, 4.69) is 0 Å². The van der Waals surface area contributed by atoms with E-state index < -0.39 is 72.8 Å². The topological polar surface area (TPSA) is 0 Å². The molecule has 0 nitrogen and oxygen atoms in total. The number of rotatable bonds is 21. The van der Waals surface area contributed by atoms with Crippen LogP contribution in [0.15, 0.2) is 0 Å². The Morgan fingerprint density at radius 1 is 0.279 bits per heavy atom. The third kappa shape index (κ3) is 8.10. The summed E-state index contributed by atoms with van der Waals surface area (Å²) in [6.45, 7) is 2.04. The first-order chi connectivity index (χ1) is 19.1.